The lowest BCUT2D eigenvalue weighted by Crippen LogP contribution is -2.14. The number of aromatic nitrogens is 3. The second-order valence-corrected chi connectivity index (χ2v) is 10.9. The Morgan fingerprint density at radius 2 is 1.84 bits per heavy atom. The monoisotopic (exact) mass is 472 g/mol. The van der Waals surface area contributed by atoms with Crippen LogP contribution in [0.3, 0.4) is 0 Å². The molecule has 0 radical (unpaired) electrons. The highest BCUT2D eigenvalue weighted by molar-refractivity contribution is 7.99. The van der Waals surface area contributed by atoms with Crippen molar-refractivity contribution in [2.24, 2.45) is 13.0 Å². The Hall–Kier alpha value is -2.85. The van der Waals surface area contributed by atoms with E-state index in [0.717, 1.165) is 11.6 Å². The summed E-state index contributed by atoms with van der Waals surface area (Å²) in [6.45, 7) is 0. The van der Waals surface area contributed by atoms with Crippen molar-refractivity contribution in [3.8, 4) is 11.5 Å². The maximum Gasteiger partial charge on any atom is 0.234 e. The Balaban J connectivity index is 1.26. The summed E-state index contributed by atoms with van der Waals surface area (Å²) < 4.78 is 30.9. The molecule has 32 heavy (non-hydrogen) atoms. The molecule has 1 saturated heterocycles. The second kappa shape index (κ2) is 9.74. The van der Waals surface area contributed by atoms with E-state index in [4.69, 9.17) is 4.74 Å². The Labute approximate surface area is 191 Å². The number of para-hydroxylation sites is 1. The normalized spacial score (nSPS) is 17.2. The Morgan fingerprint density at radius 1 is 1.12 bits per heavy atom. The lowest BCUT2D eigenvalue weighted by molar-refractivity contribution is -0.113. The molecule has 0 unspecified atom stereocenters. The van der Waals surface area contributed by atoms with Crippen molar-refractivity contribution >= 4 is 33.2 Å². The van der Waals surface area contributed by atoms with Gasteiger partial charge in [0, 0.05) is 19.2 Å². The highest BCUT2D eigenvalue weighted by Crippen LogP contribution is 2.25. The van der Waals surface area contributed by atoms with Crippen LogP contribution in [0.1, 0.15) is 12.2 Å². The van der Waals surface area contributed by atoms with E-state index in [9.17, 15) is 13.2 Å². The fraction of sp³-hybridized carbons (Fsp3) is 0.318. The number of sulfone groups is 1. The predicted molar refractivity (Wildman–Crippen MR) is 124 cm³/mol. The number of benzene rings is 2. The molecule has 8 nitrogen and oxygen atoms in total. The molecule has 1 aliphatic heterocycles. The summed E-state index contributed by atoms with van der Waals surface area (Å²) >= 11 is 1.29. The van der Waals surface area contributed by atoms with Gasteiger partial charge in [0.1, 0.15) is 17.3 Å². The SMILES string of the molecule is Cn1c(C[C@@H]2CCS(=O)(=O)C2)nnc1SCC(=O)Nc1ccc(Oc2ccccc2)cc1. The van der Waals surface area contributed by atoms with Gasteiger partial charge < -0.3 is 14.6 Å². The fourth-order valence-electron chi connectivity index (χ4n) is 3.50. The van der Waals surface area contributed by atoms with Gasteiger partial charge in [-0.25, -0.2) is 8.42 Å². The van der Waals surface area contributed by atoms with Gasteiger partial charge >= 0.3 is 0 Å². The molecule has 1 fully saturated rings. The first-order valence-corrected chi connectivity index (χ1v) is 13.0. The van der Waals surface area contributed by atoms with E-state index in [0.29, 0.717) is 29.4 Å². The molecular weight excluding hydrogens is 448 g/mol. The topological polar surface area (TPSA) is 103 Å². The van der Waals surface area contributed by atoms with Crippen LogP contribution in [0.25, 0.3) is 0 Å². The number of carbonyl (C=O) groups is 1. The first-order valence-electron chi connectivity index (χ1n) is 10.2. The summed E-state index contributed by atoms with van der Waals surface area (Å²) in [4.78, 5) is 12.3. The standard InChI is InChI=1S/C22H24N4O4S2/c1-26-20(13-16-11-12-32(28,29)15-16)24-25-22(26)31-14-21(27)23-17-7-9-19(10-8-17)30-18-5-3-2-4-6-18/h2-10,16H,11-15H2,1H3,(H,23,27)/t16-/m0/s1. The van der Waals surface area contributed by atoms with Crippen molar-refractivity contribution in [1.82, 2.24) is 14.8 Å². The van der Waals surface area contributed by atoms with E-state index in [2.05, 4.69) is 15.5 Å². The van der Waals surface area contributed by atoms with Crippen LogP contribution >= 0.6 is 11.8 Å². The van der Waals surface area contributed by atoms with E-state index in [1.165, 1.54) is 11.8 Å². The van der Waals surface area contributed by atoms with Crippen LogP contribution < -0.4 is 10.1 Å². The molecule has 1 amide bonds. The second-order valence-electron chi connectivity index (χ2n) is 7.71. The fourth-order valence-corrected chi connectivity index (χ4v) is 6.09. The maximum atomic E-state index is 12.3. The quantitative estimate of drug-likeness (QED) is 0.502. The third-order valence-corrected chi connectivity index (χ3v) is 8.03. The summed E-state index contributed by atoms with van der Waals surface area (Å²) in [7, 11) is -1.08. The van der Waals surface area contributed by atoms with Crippen molar-refractivity contribution in [2.75, 3.05) is 22.6 Å². The number of hydrogen-bond donors (Lipinski definition) is 1. The molecule has 10 heteroatoms. The van der Waals surface area contributed by atoms with Crippen LogP contribution in [0.15, 0.2) is 59.8 Å². The number of thioether (sulfide) groups is 1. The van der Waals surface area contributed by atoms with Crippen LogP contribution in [0.5, 0.6) is 11.5 Å². The van der Waals surface area contributed by atoms with Crippen LogP contribution in [-0.2, 0) is 28.1 Å². The summed E-state index contributed by atoms with van der Waals surface area (Å²) in [5.41, 5.74) is 0.678. The zero-order valence-corrected chi connectivity index (χ0v) is 19.2. The Kier molecular flexibility index (Phi) is 6.80. The number of amides is 1. The Morgan fingerprint density at radius 3 is 2.53 bits per heavy atom. The lowest BCUT2D eigenvalue weighted by Gasteiger charge is -2.09. The number of nitrogens with zero attached hydrogens (tertiary/aromatic N) is 3. The molecule has 0 saturated carbocycles. The van der Waals surface area contributed by atoms with Gasteiger partial charge in [-0.1, -0.05) is 30.0 Å². The van der Waals surface area contributed by atoms with Gasteiger partial charge in [0.2, 0.25) is 5.91 Å². The molecule has 168 valence electrons. The molecule has 1 aromatic heterocycles. The summed E-state index contributed by atoms with van der Waals surface area (Å²) in [5, 5.41) is 11.8. The average molecular weight is 473 g/mol. The van der Waals surface area contributed by atoms with Crippen molar-refractivity contribution in [3.63, 3.8) is 0 Å². The van der Waals surface area contributed by atoms with Crippen molar-refractivity contribution in [1.29, 1.82) is 0 Å². The predicted octanol–water partition coefficient (Wildman–Crippen LogP) is 3.32. The first-order chi connectivity index (χ1) is 15.4. The highest BCUT2D eigenvalue weighted by atomic mass is 32.2. The average Bonchev–Trinajstić information content (AvgIpc) is 3.30. The van der Waals surface area contributed by atoms with Crippen molar-refractivity contribution < 1.29 is 17.9 Å². The van der Waals surface area contributed by atoms with Gasteiger partial charge in [0.15, 0.2) is 15.0 Å². The number of ether oxygens (including phenoxy) is 1. The van der Waals surface area contributed by atoms with E-state index in [1.54, 1.807) is 24.3 Å². The van der Waals surface area contributed by atoms with Gasteiger partial charge in [-0.2, -0.15) is 0 Å². The summed E-state index contributed by atoms with van der Waals surface area (Å²) in [6.07, 6.45) is 1.24. The zero-order chi connectivity index (χ0) is 22.6. The van der Waals surface area contributed by atoms with Crippen molar-refractivity contribution in [2.45, 2.75) is 18.0 Å². The smallest absolute Gasteiger partial charge is 0.234 e. The van der Waals surface area contributed by atoms with Crippen molar-refractivity contribution in [3.05, 3.63) is 60.4 Å². The van der Waals surface area contributed by atoms with Gasteiger partial charge in [0.05, 0.1) is 17.3 Å². The summed E-state index contributed by atoms with van der Waals surface area (Å²) in [5.74, 6) is 2.74. The molecule has 0 spiro atoms. The molecule has 2 heterocycles. The number of hydrogen-bond acceptors (Lipinski definition) is 7. The minimum Gasteiger partial charge on any atom is -0.457 e. The van der Waals surface area contributed by atoms with Gasteiger partial charge in [0.25, 0.3) is 0 Å². The third kappa shape index (κ3) is 5.89. The minimum atomic E-state index is -2.92. The Bertz CT molecular complexity index is 1180. The number of nitrogens with one attached hydrogen (secondary N) is 1. The van der Waals surface area contributed by atoms with Gasteiger partial charge in [-0.3, -0.25) is 4.79 Å². The highest BCUT2D eigenvalue weighted by Gasteiger charge is 2.29. The first kappa shape index (κ1) is 22.3. The molecule has 0 bridgehead atoms. The molecule has 0 aliphatic carbocycles. The molecule has 1 aliphatic rings. The third-order valence-electron chi connectivity index (χ3n) is 5.17. The van der Waals surface area contributed by atoms with Crippen LogP contribution in [0.4, 0.5) is 5.69 Å². The molecule has 1 N–H and O–H groups in total. The van der Waals surface area contributed by atoms with E-state index in [-0.39, 0.29) is 29.1 Å². The van der Waals surface area contributed by atoms with Gasteiger partial charge in [-0.05, 0) is 48.7 Å². The number of rotatable bonds is 8. The minimum absolute atomic E-state index is 0.0814. The molecular formula is C22H24N4O4S2. The molecule has 2 aromatic carbocycles. The van der Waals surface area contributed by atoms with E-state index in [1.807, 2.05) is 41.9 Å². The van der Waals surface area contributed by atoms with Crippen LogP contribution in [-0.4, -0.2) is 46.3 Å². The molecule has 4 rings (SSSR count). The molecule has 3 aromatic rings. The van der Waals surface area contributed by atoms with Gasteiger partial charge in [-0.15, -0.1) is 10.2 Å². The molecule has 1 atom stereocenters. The maximum absolute atomic E-state index is 12.3. The van der Waals surface area contributed by atoms with E-state index < -0.39 is 9.84 Å². The van der Waals surface area contributed by atoms with Crippen LogP contribution in [0.2, 0.25) is 0 Å². The lowest BCUT2D eigenvalue weighted by atomic mass is 10.1. The summed E-state index contributed by atoms with van der Waals surface area (Å²) in [6, 6.07) is 16.7. The number of anilines is 1. The largest absolute Gasteiger partial charge is 0.457 e. The van der Waals surface area contributed by atoms with Crippen LogP contribution in [0, 0.1) is 5.92 Å². The zero-order valence-electron chi connectivity index (χ0n) is 17.6. The number of carbonyl (C=O) groups excluding carboxylic acids is 1. The van der Waals surface area contributed by atoms with E-state index >= 15 is 0 Å².